The zero-order valence-corrected chi connectivity index (χ0v) is 12.3. The van der Waals surface area contributed by atoms with E-state index in [1.165, 1.54) is 0 Å². The predicted octanol–water partition coefficient (Wildman–Crippen LogP) is -4.49. The van der Waals surface area contributed by atoms with Crippen molar-refractivity contribution in [2.75, 3.05) is 13.2 Å². The summed E-state index contributed by atoms with van der Waals surface area (Å²) < 4.78 is 27.5. The fourth-order valence-corrected chi connectivity index (χ4v) is 2.62. The molecule has 12 heteroatoms. The highest BCUT2D eigenvalue weighted by atomic mass is 19.3. The maximum Gasteiger partial charge on any atom is 0.225 e. The maximum absolute atomic E-state index is 12.4. The summed E-state index contributed by atoms with van der Waals surface area (Å²) in [5.41, 5.74) is 0. The number of rotatable bonds is 5. The summed E-state index contributed by atoms with van der Waals surface area (Å²) in [6, 6.07) is 0. The summed E-state index contributed by atoms with van der Waals surface area (Å²) >= 11 is 0. The van der Waals surface area contributed by atoms with Gasteiger partial charge < -0.3 is 50.0 Å². The summed E-state index contributed by atoms with van der Waals surface area (Å²) in [6.07, 6.45) is -16.5. The first-order valence-corrected chi connectivity index (χ1v) is 7.21. The highest BCUT2D eigenvalue weighted by molar-refractivity contribution is 4.93. The number of aliphatic hydroxyl groups excluding tert-OH is 7. The van der Waals surface area contributed by atoms with Gasteiger partial charge in [-0.15, -0.1) is 0 Å². The Morgan fingerprint density at radius 2 is 1.25 bits per heavy atom. The molecule has 2 saturated heterocycles. The first-order valence-electron chi connectivity index (χ1n) is 7.21. The lowest BCUT2D eigenvalue weighted by Gasteiger charge is -2.45. The molecule has 0 aromatic carbocycles. The second kappa shape index (κ2) is 8.25. The molecule has 0 amide bonds. The van der Waals surface area contributed by atoms with Crippen LogP contribution in [0.25, 0.3) is 0 Å². The molecule has 10 atom stereocenters. The highest BCUT2D eigenvalue weighted by Crippen LogP contribution is 2.29. The van der Waals surface area contributed by atoms with Gasteiger partial charge in [0.05, 0.1) is 13.2 Å². The van der Waals surface area contributed by atoms with E-state index in [4.69, 9.17) is 24.4 Å². The molecule has 0 unspecified atom stereocenters. The van der Waals surface area contributed by atoms with Crippen LogP contribution in [0.2, 0.25) is 0 Å². The van der Waals surface area contributed by atoms with Crippen LogP contribution in [0.1, 0.15) is 0 Å². The van der Waals surface area contributed by atoms with E-state index in [1.54, 1.807) is 0 Å². The normalized spacial score (nSPS) is 50.0. The van der Waals surface area contributed by atoms with Gasteiger partial charge in [-0.2, -0.15) is 4.94 Å². The molecular weight excluding hydrogens is 339 g/mol. The van der Waals surface area contributed by atoms with Crippen LogP contribution in [0.15, 0.2) is 0 Å². The quantitative estimate of drug-likeness (QED) is 0.251. The van der Waals surface area contributed by atoms with E-state index in [0.717, 1.165) is 0 Å². The standard InChI is InChI=1S/C12H21FO11/c13-24-12-9(20)10(6(17)4(2-15)22-12)23-11-8(19)7(18)5(16)3(1-14)21-11/h3-12,14-20H,1-2H2/t3-,4-,5+,6-,7+,8-,9-,10+,11+,12-/m1/s1. The van der Waals surface area contributed by atoms with E-state index in [9.17, 15) is 30.1 Å². The molecule has 2 aliphatic rings. The van der Waals surface area contributed by atoms with Crippen LogP contribution in [0.3, 0.4) is 0 Å². The molecule has 24 heavy (non-hydrogen) atoms. The Morgan fingerprint density at radius 1 is 0.708 bits per heavy atom. The molecule has 0 aromatic heterocycles. The van der Waals surface area contributed by atoms with Crippen molar-refractivity contribution < 1.29 is 59.4 Å². The Hall–Kier alpha value is -0.510. The molecule has 2 heterocycles. The van der Waals surface area contributed by atoms with Crippen LogP contribution >= 0.6 is 0 Å². The lowest BCUT2D eigenvalue weighted by atomic mass is 9.97. The SMILES string of the molecule is OC[C@H]1O[C@@H](O[C@@H]2[C@@H](O)[C@@H](OF)O[C@H](CO)[C@H]2O)[C@H](O)[C@@H](O)[C@H]1O. The fraction of sp³-hybridized carbons (Fsp3) is 1.00. The molecular formula is C12H21FO11. The van der Waals surface area contributed by atoms with Crippen LogP contribution in [0.5, 0.6) is 0 Å². The van der Waals surface area contributed by atoms with Crippen molar-refractivity contribution in [1.82, 2.24) is 0 Å². The molecule has 0 saturated carbocycles. The second-order valence-electron chi connectivity index (χ2n) is 5.59. The largest absolute Gasteiger partial charge is 0.394 e. The molecule has 0 radical (unpaired) electrons. The highest BCUT2D eigenvalue weighted by Gasteiger charge is 2.51. The Kier molecular flexibility index (Phi) is 6.81. The molecule has 2 rings (SSSR count). The minimum atomic E-state index is -1.87. The average Bonchev–Trinajstić information content (AvgIpc) is 2.58. The maximum atomic E-state index is 12.4. The van der Waals surface area contributed by atoms with Crippen molar-refractivity contribution >= 4 is 0 Å². The summed E-state index contributed by atoms with van der Waals surface area (Å²) in [6.45, 7) is -1.46. The third-order valence-electron chi connectivity index (χ3n) is 4.05. The number of ether oxygens (including phenoxy) is 3. The third-order valence-corrected chi connectivity index (χ3v) is 4.05. The zero-order chi connectivity index (χ0) is 18.0. The van der Waals surface area contributed by atoms with E-state index in [0.29, 0.717) is 0 Å². The van der Waals surface area contributed by atoms with Gasteiger partial charge >= 0.3 is 0 Å². The Labute approximate surface area is 135 Å². The molecule has 0 bridgehead atoms. The summed E-state index contributed by atoms with van der Waals surface area (Å²) in [5, 5.41) is 67.4. The lowest BCUT2D eigenvalue weighted by Crippen LogP contribution is -2.64. The van der Waals surface area contributed by atoms with Gasteiger partial charge in [-0.25, -0.2) is 0 Å². The predicted molar refractivity (Wildman–Crippen MR) is 68.6 cm³/mol. The lowest BCUT2D eigenvalue weighted by molar-refractivity contribution is -0.388. The van der Waals surface area contributed by atoms with Gasteiger partial charge in [0.15, 0.2) is 6.29 Å². The van der Waals surface area contributed by atoms with Crippen LogP contribution < -0.4 is 0 Å². The zero-order valence-electron chi connectivity index (χ0n) is 12.3. The van der Waals surface area contributed by atoms with Crippen LogP contribution in [0.4, 0.5) is 4.53 Å². The molecule has 7 N–H and O–H groups in total. The monoisotopic (exact) mass is 360 g/mol. The molecule has 11 nitrogen and oxygen atoms in total. The van der Waals surface area contributed by atoms with Crippen molar-refractivity contribution in [1.29, 1.82) is 0 Å². The first kappa shape index (κ1) is 19.8. The van der Waals surface area contributed by atoms with Gasteiger partial charge in [-0.1, -0.05) is 0 Å². The van der Waals surface area contributed by atoms with E-state index in [2.05, 4.69) is 4.94 Å². The van der Waals surface area contributed by atoms with Gasteiger partial charge in [0, 0.05) is 0 Å². The Bertz CT molecular complexity index is 383. The molecule has 0 spiro atoms. The van der Waals surface area contributed by atoms with Gasteiger partial charge in [0.25, 0.3) is 0 Å². The Balaban J connectivity index is 2.14. The topological polar surface area (TPSA) is 179 Å². The number of hydrogen-bond acceptors (Lipinski definition) is 11. The van der Waals surface area contributed by atoms with Crippen LogP contribution in [-0.2, 0) is 19.2 Å². The number of aliphatic hydroxyl groups is 7. The van der Waals surface area contributed by atoms with Gasteiger partial charge in [0.2, 0.25) is 6.29 Å². The number of hydrogen-bond donors (Lipinski definition) is 7. The van der Waals surface area contributed by atoms with Gasteiger partial charge in [-0.05, 0) is 4.53 Å². The van der Waals surface area contributed by atoms with E-state index in [1.807, 2.05) is 0 Å². The van der Waals surface area contributed by atoms with E-state index < -0.39 is 74.6 Å². The van der Waals surface area contributed by atoms with Gasteiger partial charge in [0.1, 0.15) is 48.8 Å². The smallest absolute Gasteiger partial charge is 0.225 e. The van der Waals surface area contributed by atoms with Crippen LogP contribution in [-0.4, -0.2) is 110 Å². The minimum Gasteiger partial charge on any atom is -0.394 e. The molecule has 2 fully saturated rings. The van der Waals surface area contributed by atoms with Crippen molar-refractivity contribution in [2.24, 2.45) is 0 Å². The molecule has 0 aliphatic carbocycles. The fourth-order valence-electron chi connectivity index (χ4n) is 2.62. The third kappa shape index (κ3) is 3.68. The van der Waals surface area contributed by atoms with Gasteiger partial charge in [-0.3, -0.25) is 0 Å². The van der Waals surface area contributed by atoms with E-state index >= 15 is 0 Å². The average molecular weight is 360 g/mol. The molecule has 2 aliphatic heterocycles. The van der Waals surface area contributed by atoms with Crippen molar-refractivity contribution in [3.63, 3.8) is 0 Å². The van der Waals surface area contributed by atoms with Crippen molar-refractivity contribution in [3.8, 4) is 0 Å². The van der Waals surface area contributed by atoms with E-state index in [-0.39, 0.29) is 0 Å². The Morgan fingerprint density at radius 3 is 1.79 bits per heavy atom. The van der Waals surface area contributed by atoms with Crippen LogP contribution in [0, 0.1) is 0 Å². The van der Waals surface area contributed by atoms with Crippen molar-refractivity contribution in [2.45, 2.75) is 61.4 Å². The summed E-state index contributed by atoms with van der Waals surface area (Å²) in [5.74, 6) is 0. The van der Waals surface area contributed by atoms with Crippen molar-refractivity contribution in [3.05, 3.63) is 0 Å². The summed E-state index contributed by atoms with van der Waals surface area (Å²) in [7, 11) is 0. The second-order valence-corrected chi connectivity index (χ2v) is 5.59. The molecule has 0 aromatic rings. The number of halogens is 1. The molecule has 142 valence electrons. The summed E-state index contributed by atoms with van der Waals surface area (Å²) in [4.78, 5) is 3.40. The minimum absolute atomic E-state index is 0.709. The first-order chi connectivity index (χ1) is 11.3.